The Kier molecular flexibility index (Phi) is 4.44. The third-order valence-electron chi connectivity index (χ3n) is 4.03. The predicted octanol–water partition coefficient (Wildman–Crippen LogP) is 3.78. The normalized spacial score (nSPS) is 12.0. The lowest BCUT2D eigenvalue weighted by atomic mass is 10.1. The van der Waals surface area contributed by atoms with Gasteiger partial charge in [0.25, 0.3) is 5.91 Å². The fourth-order valence-electron chi connectivity index (χ4n) is 2.72. The Hall–Kier alpha value is -2.20. The third kappa shape index (κ3) is 3.27. The topological polar surface area (TPSA) is 34.4 Å². The first-order chi connectivity index (χ1) is 11.1. The van der Waals surface area contributed by atoms with Gasteiger partial charge in [0.05, 0.1) is 16.6 Å². The van der Waals surface area contributed by atoms with Crippen molar-refractivity contribution < 1.29 is 4.79 Å². The van der Waals surface area contributed by atoms with Gasteiger partial charge in [-0.2, -0.15) is 4.99 Å². The fraction of sp³-hybridized carbons (Fsp3) is 0.263. The van der Waals surface area contributed by atoms with Crippen LogP contribution in [0.2, 0.25) is 0 Å². The summed E-state index contributed by atoms with van der Waals surface area (Å²) in [6.45, 7) is 4.20. The number of carbonyl (C=O) groups is 1. The molecule has 23 heavy (non-hydrogen) atoms. The summed E-state index contributed by atoms with van der Waals surface area (Å²) >= 11 is 1.56. The highest BCUT2D eigenvalue weighted by Gasteiger charge is 2.07. The predicted molar refractivity (Wildman–Crippen MR) is 95.6 cm³/mol. The molecule has 0 fully saturated rings. The molecule has 3 rings (SSSR count). The first-order valence-corrected chi connectivity index (χ1v) is 8.60. The zero-order chi connectivity index (χ0) is 16.4. The summed E-state index contributed by atoms with van der Waals surface area (Å²) in [6.07, 6.45) is 1.35. The standard InChI is InChI=1S/C19H20N2OS/c1-4-14-8-10-15(11-9-14)12-17(22)20-19-21(3)18-13(2)6-5-7-16(18)23-19/h5-11H,4,12H2,1-3H3. The highest BCUT2D eigenvalue weighted by atomic mass is 32.1. The highest BCUT2D eigenvalue weighted by molar-refractivity contribution is 7.16. The molecule has 0 aliphatic heterocycles. The molecule has 1 aromatic heterocycles. The molecule has 118 valence electrons. The second kappa shape index (κ2) is 6.50. The molecule has 0 atom stereocenters. The number of hydrogen-bond acceptors (Lipinski definition) is 2. The lowest BCUT2D eigenvalue weighted by molar-refractivity contribution is -0.117. The number of hydrogen-bond donors (Lipinski definition) is 0. The maximum Gasteiger partial charge on any atom is 0.252 e. The molecule has 1 heterocycles. The molecule has 0 saturated carbocycles. The van der Waals surface area contributed by atoms with Gasteiger partial charge in [0.15, 0.2) is 4.80 Å². The summed E-state index contributed by atoms with van der Waals surface area (Å²) in [6, 6.07) is 14.4. The lowest BCUT2D eigenvalue weighted by Crippen LogP contribution is -2.14. The number of aromatic nitrogens is 1. The van der Waals surface area contributed by atoms with E-state index in [9.17, 15) is 4.79 Å². The molecule has 4 heteroatoms. The molecule has 0 saturated heterocycles. The SMILES string of the molecule is CCc1ccc(CC(=O)N=c2sc3cccc(C)c3n2C)cc1. The summed E-state index contributed by atoms with van der Waals surface area (Å²) in [5, 5.41) is 0. The Balaban J connectivity index is 1.90. The molecule has 2 aromatic carbocycles. The lowest BCUT2D eigenvalue weighted by Gasteiger charge is -2.00. The van der Waals surface area contributed by atoms with Crippen molar-refractivity contribution >= 4 is 27.5 Å². The van der Waals surface area contributed by atoms with E-state index in [0.717, 1.165) is 27.0 Å². The van der Waals surface area contributed by atoms with Crippen LogP contribution >= 0.6 is 11.3 Å². The fourth-order valence-corrected chi connectivity index (χ4v) is 3.83. The van der Waals surface area contributed by atoms with Gasteiger partial charge in [0, 0.05) is 7.05 Å². The number of fused-ring (bicyclic) bond motifs is 1. The minimum absolute atomic E-state index is 0.103. The second-order valence-electron chi connectivity index (χ2n) is 5.72. The van der Waals surface area contributed by atoms with E-state index in [1.54, 1.807) is 11.3 Å². The Labute approximate surface area is 139 Å². The molecule has 0 unspecified atom stereocenters. The number of carbonyl (C=O) groups excluding carboxylic acids is 1. The van der Waals surface area contributed by atoms with Crippen molar-refractivity contribution in [2.45, 2.75) is 26.7 Å². The van der Waals surface area contributed by atoms with E-state index >= 15 is 0 Å². The van der Waals surface area contributed by atoms with Crippen molar-refractivity contribution in [3.05, 3.63) is 64.0 Å². The molecule has 0 N–H and O–H groups in total. The van der Waals surface area contributed by atoms with Crippen molar-refractivity contribution in [2.75, 3.05) is 0 Å². The van der Waals surface area contributed by atoms with Gasteiger partial charge in [-0.1, -0.05) is 54.7 Å². The van der Waals surface area contributed by atoms with Gasteiger partial charge >= 0.3 is 0 Å². The van der Waals surface area contributed by atoms with Gasteiger partial charge in [0.1, 0.15) is 0 Å². The maximum atomic E-state index is 12.3. The molecule has 0 aliphatic carbocycles. The molecule has 0 aliphatic rings. The number of aryl methyl sites for hydroxylation is 3. The van der Waals surface area contributed by atoms with Gasteiger partial charge in [-0.15, -0.1) is 0 Å². The average molecular weight is 324 g/mol. The molecule has 3 nitrogen and oxygen atoms in total. The monoisotopic (exact) mass is 324 g/mol. The molecule has 3 aromatic rings. The van der Waals surface area contributed by atoms with Crippen LogP contribution in [0, 0.1) is 6.92 Å². The van der Waals surface area contributed by atoms with E-state index in [1.807, 2.05) is 29.8 Å². The number of amides is 1. The van der Waals surface area contributed by atoms with Crippen molar-refractivity contribution in [3.8, 4) is 0 Å². The van der Waals surface area contributed by atoms with E-state index in [0.29, 0.717) is 6.42 Å². The number of nitrogens with zero attached hydrogens (tertiary/aromatic N) is 2. The third-order valence-corrected chi connectivity index (χ3v) is 5.13. The number of para-hydroxylation sites is 1. The van der Waals surface area contributed by atoms with Gasteiger partial charge < -0.3 is 4.57 Å². The number of benzene rings is 2. The minimum Gasteiger partial charge on any atom is -0.319 e. The van der Waals surface area contributed by atoms with Crippen molar-refractivity contribution in [3.63, 3.8) is 0 Å². The van der Waals surface area contributed by atoms with Crippen LogP contribution in [0.3, 0.4) is 0 Å². The van der Waals surface area contributed by atoms with Crippen LogP contribution in [0.1, 0.15) is 23.6 Å². The molecular formula is C19H20N2OS. The van der Waals surface area contributed by atoms with Gasteiger partial charge in [-0.05, 0) is 36.1 Å². The van der Waals surface area contributed by atoms with Crippen molar-refractivity contribution in [1.29, 1.82) is 0 Å². The van der Waals surface area contributed by atoms with Crippen LogP contribution in [-0.2, 0) is 24.7 Å². The molecule has 0 bridgehead atoms. The quantitative estimate of drug-likeness (QED) is 0.722. The van der Waals surface area contributed by atoms with Crippen molar-refractivity contribution in [2.24, 2.45) is 12.0 Å². The smallest absolute Gasteiger partial charge is 0.252 e. The zero-order valence-electron chi connectivity index (χ0n) is 13.7. The zero-order valence-corrected chi connectivity index (χ0v) is 14.5. The highest BCUT2D eigenvalue weighted by Crippen LogP contribution is 2.19. The van der Waals surface area contributed by atoms with Gasteiger partial charge in [0.2, 0.25) is 0 Å². The van der Waals surface area contributed by atoms with E-state index in [2.05, 4.69) is 43.1 Å². The second-order valence-corrected chi connectivity index (χ2v) is 6.73. The van der Waals surface area contributed by atoms with Crippen LogP contribution in [0.25, 0.3) is 10.2 Å². The van der Waals surface area contributed by atoms with E-state index in [-0.39, 0.29) is 5.91 Å². The maximum absolute atomic E-state index is 12.3. The first kappa shape index (κ1) is 15.7. The van der Waals surface area contributed by atoms with E-state index in [1.165, 1.54) is 11.1 Å². The molecular weight excluding hydrogens is 304 g/mol. The number of thiazole rings is 1. The first-order valence-electron chi connectivity index (χ1n) is 7.79. The summed E-state index contributed by atoms with van der Waals surface area (Å²) in [4.78, 5) is 17.3. The summed E-state index contributed by atoms with van der Waals surface area (Å²) < 4.78 is 3.17. The summed E-state index contributed by atoms with van der Waals surface area (Å²) in [5.41, 5.74) is 4.64. The van der Waals surface area contributed by atoms with Crippen LogP contribution in [0.15, 0.2) is 47.5 Å². The number of rotatable bonds is 3. The Morgan fingerprint density at radius 2 is 1.83 bits per heavy atom. The van der Waals surface area contributed by atoms with Crippen molar-refractivity contribution in [1.82, 2.24) is 4.57 Å². The molecule has 1 amide bonds. The van der Waals surface area contributed by atoms with Gasteiger partial charge in [-0.3, -0.25) is 4.79 Å². The molecule has 0 radical (unpaired) electrons. The van der Waals surface area contributed by atoms with Crippen LogP contribution in [0.5, 0.6) is 0 Å². The van der Waals surface area contributed by atoms with E-state index < -0.39 is 0 Å². The Bertz CT molecular complexity index is 917. The van der Waals surface area contributed by atoms with Crippen LogP contribution in [0.4, 0.5) is 0 Å². The minimum atomic E-state index is -0.103. The van der Waals surface area contributed by atoms with Crippen LogP contribution < -0.4 is 4.80 Å². The Morgan fingerprint density at radius 1 is 1.13 bits per heavy atom. The Morgan fingerprint density at radius 3 is 2.48 bits per heavy atom. The largest absolute Gasteiger partial charge is 0.319 e. The summed E-state index contributed by atoms with van der Waals surface area (Å²) in [5.74, 6) is -0.103. The van der Waals surface area contributed by atoms with Gasteiger partial charge in [-0.25, -0.2) is 0 Å². The molecule has 0 spiro atoms. The van der Waals surface area contributed by atoms with E-state index in [4.69, 9.17) is 0 Å². The summed E-state index contributed by atoms with van der Waals surface area (Å²) in [7, 11) is 1.97. The average Bonchev–Trinajstić information content (AvgIpc) is 2.85. The van der Waals surface area contributed by atoms with Crippen LogP contribution in [-0.4, -0.2) is 10.5 Å².